The molecule has 2 fully saturated rings. The molecule has 2 amide bonds. The quantitative estimate of drug-likeness (QED) is 0.794. The number of aromatic nitrogens is 1. The van der Waals surface area contributed by atoms with E-state index in [9.17, 15) is 9.59 Å². The molecule has 1 saturated carbocycles. The van der Waals surface area contributed by atoms with Gasteiger partial charge in [-0.1, -0.05) is 30.3 Å². The predicted molar refractivity (Wildman–Crippen MR) is 118 cm³/mol. The van der Waals surface area contributed by atoms with Crippen LogP contribution in [0.4, 0.5) is 0 Å². The molecule has 2 aliphatic rings. The van der Waals surface area contributed by atoms with Gasteiger partial charge < -0.3 is 10.2 Å². The minimum absolute atomic E-state index is 0.0672. The zero-order valence-corrected chi connectivity index (χ0v) is 17.9. The molecule has 2 heterocycles. The molecule has 4 rings (SSSR count). The number of amides is 2. The summed E-state index contributed by atoms with van der Waals surface area (Å²) in [4.78, 5) is 32.3. The lowest BCUT2D eigenvalue weighted by molar-refractivity contribution is -0.142. The monoisotopic (exact) mass is 405 g/mol. The molecule has 1 N–H and O–H groups in total. The highest BCUT2D eigenvalue weighted by atomic mass is 16.2. The number of hydrogen-bond donors (Lipinski definition) is 1. The number of nitrogens with zero attached hydrogens (tertiary/aromatic N) is 2. The third kappa shape index (κ3) is 4.55. The van der Waals surface area contributed by atoms with Gasteiger partial charge in [0.2, 0.25) is 11.8 Å². The van der Waals surface area contributed by atoms with Crippen molar-refractivity contribution in [3.05, 3.63) is 54.4 Å². The lowest BCUT2D eigenvalue weighted by Crippen LogP contribution is -2.55. The zero-order chi connectivity index (χ0) is 21.1. The number of hydrogen-bond acceptors (Lipinski definition) is 3. The van der Waals surface area contributed by atoms with Crippen LogP contribution in [-0.4, -0.2) is 40.8 Å². The van der Waals surface area contributed by atoms with Gasteiger partial charge in [0, 0.05) is 37.4 Å². The van der Waals surface area contributed by atoms with Crippen LogP contribution in [0.5, 0.6) is 0 Å². The van der Waals surface area contributed by atoms with Crippen molar-refractivity contribution in [2.45, 2.75) is 52.0 Å². The summed E-state index contributed by atoms with van der Waals surface area (Å²) in [5.41, 5.74) is 2.70. The number of pyridine rings is 1. The Labute approximate surface area is 178 Å². The van der Waals surface area contributed by atoms with Crippen molar-refractivity contribution in [2.75, 3.05) is 13.1 Å². The van der Waals surface area contributed by atoms with E-state index in [2.05, 4.69) is 28.5 Å². The van der Waals surface area contributed by atoms with Crippen LogP contribution in [-0.2, 0) is 16.0 Å². The highest BCUT2D eigenvalue weighted by Crippen LogP contribution is 2.38. The van der Waals surface area contributed by atoms with Gasteiger partial charge in [-0.25, -0.2) is 0 Å². The van der Waals surface area contributed by atoms with E-state index in [1.807, 2.05) is 43.1 Å². The third-order valence-electron chi connectivity index (χ3n) is 6.18. The largest absolute Gasteiger partial charge is 0.353 e. The predicted octanol–water partition coefficient (Wildman–Crippen LogP) is 3.83. The first-order valence-corrected chi connectivity index (χ1v) is 11.1. The van der Waals surface area contributed by atoms with Gasteiger partial charge in [0.1, 0.15) is 0 Å². The molecule has 5 nitrogen and oxygen atoms in total. The molecule has 1 aliphatic heterocycles. The minimum Gasteiger partial charge on any atom is -0.353 e. The van der Waals surface area contributed by atoms with Gasteiger partial charge in [0.25, 0.3) is 0 Å². The summed E-state index contributed by atoms with van der Waals surface area (Å²) in [6.07, 6.45) is 7.92. The van der Waals surface area contributed by atoms with Crippen molar-refractivity contribution in [3.8, 4) is 11.1 Å². The normalized spacial score (nSPS) is 21.5. The first kappa shape index (κ1) is 20.6. The van der Waals surface area contributed by atoms with Gasteiger partial charge in [0.15, 0.2) is 0 Å². The first-order valence-electron chi connectivity index (χ1n) is 11.1. The molecule has 158 valence electrons. The van der Waals surface area contributed by atoms with E-state index in [1.165, 1.54) is 0 Å². The van der Waals surface area contributed by atoms with Gasteiger partial charge in [-0.05, 0) is 68.7 Å². The average Bonchev–Trinajstić information content (AvgIpc) is 3.59. The molecule has 0 radical (unpaired) electrons. The fraction of sp³-hybridized carbons (Fsp3) is 0.480. The minimum atomic E-state index is -0.583. The van der Waals surface area contributed by atoms with Crippen LogP contribution < -0.4 is 5.32 Å². The van der Waals surface area contributed by atoms with E-state index >= 15 is 0 Å². The van der Waals surface area contributed by atoms with Gasteiger partial charge >= 0.3 is 0 Å². The molecule has 1 atom stereocenters. The Balaban J connectivity index is 1.62. The maximum atomic E-state index is 13.4. The molecule has 1 saturated heterocycles. The molecular weight excluding hydrogens is 374 g/mol. The number of piperidine rings is 1. The van der Waals surface area contributed by atoms with E-state index in [1.54, 1.807) is 6.20 Å². The van der Waals surface area contributed by atoms with Crippen molar-refractivity contribution in [1.29, 1.82) is 0 Å². The average molecular weight is 406 g/mol. The van der Waals surface area contributed by atoms with Crippen molar-refractivity contribution >= 4 is 11.8 Å². The Morgan fingerprint density at radius 1 is 1.20 bits per heavy atom. The molecule has 1 aromatic carbocycles. The van der Waals surface area contributed by atoms with Crippen LogP contribution in [0.3, 0.4) is 0 Å². The van der Waals surface area contributed by atoms with E-state index in [-0.39, 0.29) is 23.8 Å². The standard InChI is InChI=1S/C25H31N3O2/c1-18(2)27-24(30)25(11-5-13-28(17-25)23(29)20-9-10-20)15-19-6-3-7-21(14-19)22-8-4-12-26-16-22/h3-4,6-8,12,14,16,18,20H,5,9-11,13,15,17H2,1-2H3,(H,27,30). The van der Waals surface area contributed by atoms with Crippen LogP contribution in [0, 0.1) is 11.3 Å². The molecule has 0 spiro atoms. The lowest BCUT2D eigenvalue weighted by atomic mass is 9.73. The number of carbonyl (C=O) groups excluding carboxylic acids is 2. The van der Waals surface area contributed by atoms with Gasteiger partial charge in [-0.15, -0.1) is 0 Å². The second-order valence-corrected chi connectivity index (χ2v) is 9.16. The Hall–Kier alpha value is -2.69. The molecule has 0 bridgehead atoms. The van der Waals surface area contributed by atoms with Crippen LogP contribution in [0.1, 0.15) is 45.1 Å². The summed E-state index contributed by atoms with van der Waals surface area (Å²) in [7, 11) is 0. The fourth-order valence-corrected chi connectivity index (χ4v) is 4.52. The summed E-state index contributed by atoms with van der Waals surface area (Å²) in [6, 6.07) is 12.4. The zero-order valence-electron chi connectivity index (χ0n) is 17.9. The number of likely N-dealkylation sites (tertiary alicyclic amines) is 1. The smallest absolute Gasteiger partial charge is 0.228 e. The lowest BCUT2D eigenvalue weighted by Gasteiger charge is -2.42. The molecule has 5 heteroatoms. The topological polar surface area (TPSA) is 62.3 Å². The number of carbonyl (C=O) groups is 2. The first-order chi connectivity index (χ1) is 14.5. The fourth-order valence-electron chi connectivity index (χ4n) is 4.52. The molecule has 30 heavy (non-hydrogen) atoms. The molecule has 1 aromatic heterocycles. The number of benzene rings is 1. The summed E-state index contributed by atoms with van der Waals surface area (Å²) >= 11 is 0. The van der Waals surface area contributed by atoms with Crippen molar-refractivity contribution < 1.29 is 9.59 Å². The molecule has 2 aromatic rings. The Bertz CT molecular complexity index is 908. The van der Waals surface area contributed by atoms with E-state index in [0.29, 0.717) is 13.0 Å². The van der Waals surface area contributed by atoms with Crippen LogP contribution >= 0.6 is 0 Å². The van der Waals surface area contributed by atoms with Crippen molar-refractivity contribution in [2.24, 2.45) is 11.3 Å². The summed E-state index contributed by atoms with van der Waals surface area (Å²) in [5, 5.41) is 3.14. The van der Waals surface area contributed by atoms with Gasteiger partial charge in [-0.3, -0.25) is 14.6 Å². The Kier molecular flexibility index (Phi) is 5.89. The maximum absolute atomic E-state index is 13.4. The Morgan fingerprint density at radius 3 is 2.70 bits per heavy atom. The third-order valence-corrected chi connectivity index (χ3v) is 6.18. The van der Waals surface area contributed by atoms with Crippen LogP contribution in [0.25, 0.3) is 11.1 Å². The van der Waals surface area contributed by atoms with Crippen LogP contribution in [0.15, 0.2) is 48.8 Å². The molecule has 1 unspecified atom stereocenters. The Morgan fingerprint density at radius 2 is 2.00 bits per heavy atom. The van der Waals surface area contributed by atoms with Gasteiger partial charge in [-0.2, -0.15) is 0 Å². The molecular formula is C25H31N3O2. The SMILES string of the molecule is CC(C)NC(=O)C1(Cc2cccc(-c3cccnc3)c2)CCCN(C(=O)C2CC2)C1. The summed E-state index contributed by atoms with van der Waals surface area (Å²) < 4.78 is 0. The number of nitrogens with one attached hydrogen (secondary N) is 1. The van der Waals surface area contributed by atoms with E-state index in [0.717, 1.165) is 48.9 Å². The summed E-state index contributed by atoms with van der Waals surface area (Å²) in [6.45, 7) is 5.26. The van der Waals surface area contributed by atoms with E-state index < -0.39 is 5.41 Å². The highest BCUT2D eigenvalue weighted by molar-refractivity contribution is 5.86. The number of rotatable bonds is 6. The van der Waals surface area contributed by atoms with E-state index in [4.69, 9.17) is 0 Å². The van der Waals surface area contributed by atoms with Crippen molar-refractivity contribution in [3.63, 3.8) is 0 Å². The van der Waals surface area contributed by atoms with Crippen LogP contribution in [0.2, 0.25) is 0 Å². The molecule has 1 aliphatic carbocycles. The highest BCUT2D eigenvalue weighted by Gasteiger charge is 2.45. The van der Waals surface area contributed by atoms with Crippen molar-refractivity contribution in [1.82, 2.24) is 15.2 Å². The second kappa shape index (κ2) is 8.58. The second-order valence-electron chi connectivity index (χ2n) is 9.16. The summed E-state index contributed by atoms with van der Waals surface area (Å²) in [5.74, 6) is 0.487. The van der Waals surface area contributed by atoms with Gasteiger partial charge in [0.05, 0.1) is 5.41 Å². The maximum Gasteiger partial charge on any atom is 0.228 e.